The van der Waals surface area contributed by atoms with E-state index in [4.69, 9.17) is 0 Å². The standard InChI is InChI=1S/3C12H12.CH4/c1-9-3-5-12-8-10(2)4-6-11(12)7-9;1-9-5-3-8-12-10(2)6-4-7-11(9)12;1-9-7-8-10(2)12-6-4-3-5-11(9)12;/h3*3-8H,1-2H3;1H4. The molecule has 37 heavy (non-hydrogen) atoms. The summed E-state index contributed by atoms with van der Waals surface area (Å²) in [4.78, 5) is 0. The molecule has 0 fully saturated rings. The molecule has 0 radical (unpaired) electrons. The zero-order valence-electron chi connectivity index (χ0n) is 22.4. The van der Waals surface area contributed by atoms with Crippen molar-refractivity contribution in [2.75, 3.05) is 0 Å². The Labute approximate surface area is 223 Å². The first-order valence-corrected chi connectivity index (χ1v) is 12.7. The van der Waals surface area contributed by atoms with Crippen LogP contribution in [0.1, 0.15) is 40.8 Å². The fraction of sp³-hybridized carbons (Fsp3) is 0.189. The van der Waals surface area contributed by atoms with E-state index < -0.39 is 0 Å². The van der Waals surface area contributed by atoms with E-state index in [1.54, 1.807) is 0 Å². The Kier molecular flexibility index (Phi) is 9.25. The van der Waals surface area contributed by atoms with E-state index in [-0.39, 0.29) is 7.43 Å². The summed E-state index contributed by atoms with van der Waals surface area (Å²) in [5, 5.41) is 8.16. The lowest BCUT2D eigenvalue weighted by molar-refractivity contribution is 1.46. The highest BCUT2D eigenvalue weighted by Crippen LogP contribution is 2.22. The normalized spacial score (nSPS) is 10.2. The molecule has 0 atom stereocenters. The summed E-state index contributed by atoms with van der Waals surface area (Å²) < 4.78 is 0. The quantitative estimate of drug-likeness (QED) is 0.201. The van der Waals surface area contributed by atoms with E-state index in [0.717, 1.165) is 0 Å². The van der Waals surface area contributed by atoms with Gasteiger partial charge in [0.05, 0.1) is 0 Å². The van der Waals surface area contributed by atoms with Crippen molar-refractivity contribution >= 4 is 32.3 Å². The number of benzene rings is 6. The molecule has 0 nitrogen and oxygen atoms in total. The minimum atomic E-state index is 0. The van der Waals surface area contributed by atoms with Gasteiger partial charge in [-0.1, -0.05) is 128 Å². The van der Waals surface area contributed by atoms with Crippen LogP contribution in [0.4, 0.5) is 0 Å². The maximum atomic E-state index is 2.22. The van der Waals surface area contributed by atoms with Gasteiger partial charge in [-0.3, -0.25) is 0 Å². The van der Waals surface area contributed by atoms with Gasteiger partial charge < -0.3 is 0 Å². The molecule has 0 N–H and O–H groups in total. The van der Waals surface area contributed by atoms with E-state index in [9.17, 15) is 0 Å². The Balaban J connectivity index is 0.000000152. The van der Waals surface area contributed by atoms with Crippen molar-refractivity contribution < 1.29 is 0 Å². The van der Waals surface area contributed by atoms with Crippen LogP contribution in [0.3, 0.4) is 0 Å². The van der Waals surface area contributed by atoms with Crippen LogP contribution in [-0.4, -0.2) is 0 Å². The molecule has 0 heterocycles. The van der Waals surface area contributed by atoms with Crippen LogP contribution in [0.5, 0.6) is 0 Å². The Hall–Kier alpha value is -3.90. The third-order valence-electron chi connectivity index (χ3n) is 6.87. The maximum absolute atomic E-state index is 2.22. The topological polar surface area (TPSA) is 0 Å². The number of rotatable bonds is 0. The van der Waals surface area contributed by atoms with Crippen LogP contribution in [0.2, 0.25) is 0 Å². The Bertz CT molecular complexity index is 1480. The third-order valence-corrected chi connectivity index (χ3v) is 6.87. The number of hydrogen-bond acceptors (Lipinski definition) is 0. The summed E-state index contributed by atoms with van der Waals surface area (Å²) >= 11 is 0. The second kappa shape index (κ2) is 12.4. The van der Waals surface area contributed by atoms with Gasteiger partial charge in [0.15, 0.2) is 0 Å². The first-order valence-electron chi connectivity index (χ1n) is 12.7. The molecule has 6 aromatic carbocycles. The highest BCUT2D eigenvalue weighted by molar-refractivity contribution is 5.89. The lowest BCUT2D eigenvalue weighted by Gasteiger charge is -2.03. The third kappa shape index (κ3) is 6.66. The summed E-state index contributed by atoms with van der Waals surface area (Å²) in [6.45, 7) is 12.9. The van der Waals surface area contributed by atoms with Gasteiger partial charge in [-0.25, -0.2) is 0 Å². The smallest absolute Gasteiger partial charge is 0.0152 e. The molecule has 6 aromatic rings. The van der Waals surface area contributed by atoms with Crippen LogP contribution in [0, 0.1) is 41.5 Å². The zero-order chi connectivity index (χ0) is 25.7. The van der Waals surface area contributed by atoms with Crippen LogP contribution >= 0.6 is 0 Å². The Morgan fingerprint density at radius 1 is 0.324 bits per heavy atom. The van der Waals surface area contributed by atoms with Crippen molar-refractivity contribution in [3.63, 3.8) is 0 Å². The molecule has 0 aromatic heterocycles. The summed E-state index contributed by atoms with van der Waals surface area (Å²) in [5.41, 5.74) is 8.08. The lowest BCUT2D eigenvalue weighted by atomic mass is 10.0. The highest BCUT2D eigenvalue weighted by Gasteiger charge is 1.98. The maximum Gasteiger partial charge on any atom is -0.0152 e. The molecule has 0 heteroatoms. The second-order valence-corrected chi connectivity index (χ2v) is 9.84. The lowest BCUT2D eigenvalue weighted by Crippen LogP contribution is -1.80. The monoisotopic (exact) mass is 484 g/mol. The number of fused-ring (bicyclic) bond motifs is 3. The second-order valence-electron chi connectivity index (χ2n) is 9.84. The van der Waals surface area contributed by atoms with Gasteiger partial charge in [-0.15, -0.1) is 0 Å². The molecule has 6 rings (SSSR count). The minimum Gasteiger partial charge on any atom is -0.0776 e. The van der Waals surface area contributed by atoms with Crippen LogP contribution in [0.15, 0.2) is 109 Å². The van der Waals surface area contributed by atoms with Crippen LogP contribution in [-0.2, 0) is 0 Å². The van der Waals surface area contributed by atoms with E-state index in [1.165, 1.54) is 65.7 Å². The fourth-order valence-electron chi connectivity index (χ4n) is 4.71. The van der Waals surface area contributed by atoms with Crippen molar-refractivity contribution in [2.45, 2.75) is 49.0 Å². The van der Waals surface area contributed by atoms with Crippen LogP contribution in [0.25, 0.3) is 32.3 Å². The van der Waals surface area contributed by atoms with Gasteiger partial charge in [-0.05, 0) is 96.1 Å². The zero-order valence-corrected chi connectivity index (χ0v) is 22.4. The van der Waals surface area contributed by atoms with Gasteiger partial charge >= 0.3 is 0 Å². The van der Waals surface area contributed by atoms with Crippen molar-refractivity contribution in [3.8, 4) is 0 Å². The molecular formula is C37H40. The molecule has 188 valence electrons. The van der Waals surface area contributed by atoms with Crippen molar-refractivity contribution in [1.29, 1.82) is 0 Å². The number of aryl methyl sites for hydroxylation is 6. The largest absolute Gasteiger partial charge is 0.0776 e. The molecule has 0 aliphatic heterocycles. The molecule has 0 amide bonds. The number of hydrogen-bond donors (Lipinski definition) is 0. The van der Waals surface area contributed by atoms with E-state index in [2.05, 4.69) is 151 Å². The predicted octanol–water partition coefficient (Wildman–Crippen LogP) is 11.0. The van der Waals surface area contributed by atoms with Crippen LogP contribution < -0.4 is 0 Å². The SMILES string of the molecule is C.Cc1ccc(C)c2ccccc12.Cc1ccc2cc(C)ccc2c1.Cc1cccc2c(C)cccc12. The molecule has 0 aliphatic carbocycles. The van der Waals surface area contributed by atoms with E-state index >= 15 is 0 Å². The molecule has 0 unspecified atom stereocenters. The van der Waals surface area contributed by atoms with Crippen molar-refractivity contribution in [1.82, 2.24) is 0 Å². The summed E-state index contributed by atoms with van der Waals surface area (Å²) in [6, 6.07) is 38.9. The summed E-state index contributed by atoms with van der Waals surface area (Å²) in [6.07, 6.45) is 0. The van der Waals surface area contributed by atoms with Gasteiger partial charge in [0.25, 0.3) is 0 Å². The highest BCUT2D eigenvalue weighted by atomic mass is 14.0. The Morgan fingerprint density at radius 2 is 0.649 bits per heavy atom. The average molecular weight is 485 g/mol. The molecule has 0 aliphatic rings. The summed E-state index contributed by atoms with van der Waals surface area (Å²) in [5.74, 6) is 0. The Morgan fingerprint density at radius 3 is 1.03 bits per heavy atom. The van der Waals surface area contributed by atoms with Crippen molar-refractivity contribution in [2.24, 2.45) is 0 Å². The fourth-order valence-corrected chi connectivity index (χ4v) is 4.71. The molecular weight excluding hydrogens is 444 g/mol. The van der Waals surface area contributed by atoms with Gasteiger partial charge in [-0.2, -0.15) is 0 Å². The van der Waals surface area contributed by atoms with Gasteiger partial charge in [0.2, 0.25) is 0 Å². The van der Waals surface area contributed by atoms with Gasteiger partial charge in [0, 0.05) is 0 Å². The summed E-state index contributed by atoms with van der Waals surface area (Å²) in [7, 11) is 0. The molecule has 0 saturated carbocycles. The molecule has 0 spiro atoms. The van der Waals surface area contributed by atoms with E-state index in [0.29, 0.717) is 0 Å². The first kappa shape index (κ1) is 27.7. The average Bonchev–Trinajstić information content (AvgIpc) is 2.88. The first-order chi connectivity index (χ1) is 17.3. The molecule has 0 saturated heterocycles. The molecule has 0 bridgehead atoms. The predicted molar refractivity (Wildman–Crippen MR) is 167 cm³/mol. The van der Waals surface area contributed by atoms with E-state index in [1.807, 2.05) is 0 Å². The minimum absolute atomic E-state index is 0. The van der Waals surface area contributed by atoms with Crippen molar-refractivity contribution in [3.05, 3.63) is 143 Å². The van der Waals surface area contributed by atoms with Gasteiger partial charge in [0.1, 0.15) is 0 Å².